The predicted molar refractivity (Wildman–Crippen MR) is 108 cm³/mol. The van der Waals surface area contributed by atoms with Gasteiger partial charge in [-0.2, -0.15) is 0 Å². The van der Waals surface area contributed by atoms with Gasteiger partial charge in [0.15, 0.2) is 0 Å². The van der Waals surface area contributed by atoms with E-state index >= 15 is 0 Å². The molecule has 0 aromatic heterocycles. The number of benzene rings is 3. The first-order valence-electron chi connectivity index (χ1n) is 8.20. The average Bonchev–Trinajstić information content (AvgIpc) is 2.65. The number of anilines is 2. The Hall–Kier alpha value is -2.90. The van der Waals surface area contributed by atoms with Gasteiger partial charge in [0.2, 0.25) is 0 Å². The molecule has 2 N–H and O–H groups in total. The van der Waals surface area contributed by atoms with Gasteiger partial charge in [0.1, 0.15) is 5.82 Å². The van der Waals surface area contributed by atoms with E-state index in [0.29, 0.717) is 16.3 Å². The minimum absolute atomic E-state index is 0.0532. The molecule has 28 heavy (non-hydrogen) atoms. The number of sulfonamides is 1. The molecule has 0 aliphatic rings. The van der Waals surface area contributed by atoms with Crippen LogP contribution >= 0.6 is 11.6 Å². The third-order valence-corrected chi connectivity index (χ3v) is 5.60. The lowest BCUT2D eigenvalue weighted by molar-refractivity contribution is 0.102. The largest absolute Gasteiger partial charge is 0.322 e. The summed E-state index contributed by atoms with van der Waals surface area (Å²) < 4.78 is 40.6. The fourth-order valence-electron chi connectivity index (χ4n) is 2.43. The van der Waals surface area contributed by atoms with Crippen LogP contribution in [0.25, 0.3) is 0 Å². The van der Waals surface area contributed by atoms with E-state index in [9.17, 15) is 17.6 Å². The molecule has 0 atom stereocenters. The topological polar surface area (TPSA) is 75.3 Å². The summed E-state index contributed by atoms with van der Waals surface area (Å²) in [6.07, 6.45) is 0. The minimum Gasteiger partial charge on any atom is -0.322 e. The first-order chi connectivity index (χ1) is 13.2. The second-order valence-electron chi connectivity index (χ2n) is 6.05. The van der Waals surface area contributed by atoms with Crippen LogP contribution in [-0.4, -0.2) is 14.3 Å². The minimum atomic E-state index is -3.84. The number of aryl methyl sites for hydroxylation is 1. The van der Waals surface area contributed by atoms with Crippen LogP contribution in [0.1, 0.15) is 15.9 Å². The summed E-state index contributed by atoms with van der Waals surface area (Å²) in [5.74, 6) is -0.856. The lowest BCUT2D eigenvalue weighted by Gasteiger charge is -2.13. The molecule has 8 heteroatoms. The summed E-state index contributed by atoms with van der Waals surface area (Å²) in [7, 11) is -3.84. The van der Waals surface area contributed by atoms with Crippen LogP contribution in [0.2, 0.25) is 5.02 Å². The van der Waals surface area contributed by atoms with Crippen molar-refractivity contribution in [1.29, 1.82) is 0 Å². The molecular weight excluding hydrogens is 403 g/mol. The molecule has 5 nitrogen and oxygen atoms in total. The van der Waals surface area contributed by atoms with Gasteiger partial charge < -0.3 is 5.32 Å². The van der Waals surface area contributed by atoms with Crippen molar-refractivity contribution in [3.8, 4) is 0 Å². The van der Waals surface area contributed by atoms with E-state index in [-0.39, 0.29) is 16.1 Å². The molecule has 0 bridgehead atoms. The van der Waals surface area contributed by atoms with E-state index < -0.39 is 21.7 Å². The molecule has 0 spiro atoms. The van der Waals surface area contributed by atoms with Crippen LogP contribution in [0.15, 0.2) is 71.6 Å². The first kappa shape index (κ1) is 19.9. The monoisotopic (exact) mass is 418 g/mol. The molecular formula is C20H16ClFN2O3S. The molecule has 1 amide bonds. The van der Waals surface area contributed by atoms with Crippen molar-refractivity contribution < 1.29 is 17.6 Å². The van der Waals surface area contributed by atoms with Crippen molar-refractivity contribution in [2.75, 3.05) is 10.0 Å². The molecule has 0 saturated carbocycles. The Labute approximate surface area is 167 Å². The molecule has 0 heterocycles. The number of rotatable bonds is 5. The number of amides is 1. The molecule has 3 aromatic rings. The standard InChI is InChI=1S/C20H16ClFN2O3S/c1-13-2-3-14(20(25)23-17-8-6-16(22)7-9-17)12-19(13)24-28(26,27)18-10-4-15(21)5-11-18/h2-12,24H,1H3,(H,23,25). The van der Waals surface area contributed by atoms with Crippen molar-refractivity contribution in [3.05, 3.63) is 88.7 Å². The molecule has 0 unspecified atom stereocenters. The third-order valence-electron chi connectivity index (χ3n) is 3.97. The van der Waals surface area contributed by atoms with E-state index in [1.165, 1.54) is 54.6 Å². The lowest BCUT2D eigenvalue weighted by atomic mass is 10.1. The maximum atomic E-state index is 13.0. The number of carbonyl (C=O) groups excluding carboxylic acids is 1. The van der Waals surface area contributed by atoms with Crippen molar-refractivity contribution in [1.82, 2.24) is 0 Å². The Morgan fingerprint density at radius 1 is 0.964 bits per heavy atom. The normalized spacial score (nSPS) is 11.1. The Kier molecular flexibility index (Phi) is 5.67. The van der Waals surface area contributed by atoms with Crippen molar-refractivity contribution in [3.63, 3.8) is 0 Å². The summed E-state index contributed by atoms with van der Waals surface area (Å²) in [5.41, 5.74) is 1.61. The number of nitrogens with one attached hydrogen (secondary N) is 2. The van der Waals surface area contributed by atoms with Crippen LogP contribution in [0.4, 0.5) is 15.8 Å². The van der Waals surface area contributed by atoms with E-state index in [0.717, 1.165) is 0 Å². The molecule has 0 fully saturated rings. The van der Waals surface area contributed by atoms with E-state index in [4.69, 9.17) is 11.6 Å². The van der Waals surface area contributed by atoms with Crippen LogP contribution in [0.5, 0.6) is 0 Å². The Balaban J connectivity index is 1.83. The van der Waals surface area contributed by atoms with Gasteiger partial charge in [0.25, 0.3) is 15.9 Å². The number of carbonyl (C=O) groups is 1. The van der Waals surface area contributed by atoms with Crippen molar-refractivity contribution in [2.24, 2.45) is 0 Å². The number of halogens is 2. The lowest BCUT2D eigenvalue weighted by Crippen LogP contribution is -2.16. The Morgan fingerprint density at radius 3 is 2.25 bits per heavy atom. The van der Waals surface area contributed by atoms with Gasteiger partial charge in [-0.3, -0.25) is 9.52 Å². The van der Waals surface area contributed by atoms with Gasteiger partial charge in [0.05, 0.1) is 10.6 Å². The highest BCUT2D eigenvalue weighted by molar-refractivity contribution is 7.92. The van der Waals surface area contributed by atoms with Gasteiger partial charge in [-0.1, -0.05) is 17.7 Å². The average molecular weight is 419 g/mol. The Bertz CT molecular complexity index is 1120. The molecule has 3 rings (SSSR count). The zero-order valence-electron chi connectivity index (χ0n) is 14.7. The zero-order valence-corrected chi connectivity index (χ0v) is 16.3. The predicted octanol–water partition coefficient (Wildman–Crippen LogP) is 4.84. The molecule has 0 aliphatic carbocycles. The van der Waals surface area contributed by atoms with Crippen LogP contribution in [0.3, 0.4) is 0 Å². The maximum Gasteiger partial charge on any atom is 0.261 e. The fraction of sp³-hybridized carbons (Fsp3) is 0.0500. The summed E-state index contributed by atoms with van der Waals surface area (Å²) >= 11 is 5.80. The number of hydrogen-bond donors (Lipinski definition) is 2. The summed E-state index contributed by atoms with van der Waals surface area (Å²) in [4.78, 5) is 12.5. The Morgan fingerprint density at radius 2 is 1.61 bits per heavy atom. The number of hydrogen-bond acceptors (Lipinski definition) is 3. The summed E-state index contributed by atoms with van der Waals surface area (Å²) in [6.45, 7) is 1.72. The smallest absolute Gasteiger partial charge is 0.261 e. The van der Waals surface area contributed by atoms with Crippen molar-refractivity contribution >= 4 is 38.9 Å². The van der Waals surface area contributed by atoms with Gasteiger partial charge in [0, 0.05) is 16.3 Å². The third kappa shape index (κ3) is 4.68. The van der Waals surface area contributed by atoms with E-state index in [2.05, 4.69) is 10.0 Å². The first-order valence-corrected chi connectivity index (χ1v) is 10.1. The second-order valence-corrected chi connectivity index (χ2v) is 8.17. The quantitative estimate of drug-likeness (QED) is 0.622. The van der Waals surface area contributed by atoms with E-state index in [1.807, 2.05) is 0 Å². The highest BCUT2D eigenvalue weighted by atomic mass is 35.5. The molecule has 0 aliphatic heterocycles. The van der Waals surface area contributed by atoms with Crippen LogP contribution < -0.4 is 10.0 Å². The molecule has 144 valence electrons. The van der Waals surface area contributed by atoms with Crippen LogP contribution in [0, 0.1) is 12.7 Å². The molecule has 0 radical (unpaired) electrons. The van der Waals surface area contributed by atoms with Gasteiger partial charge in [-0.05, 0) is 73.2 Å². The fourth-order valence-corrected chi connectivity index (χ4v) is 3.67. The van der Waals surface area contributed by atoms with Gasteiger partial charge in [-0.15, -0.1) is 0 Å². The highest BCUT2D eigenvalue weighted by Crippen LogP contribution is 2.23. The van der Waals surface area contributed by atoms with Gasteiger partial charge >= 0.3 is 0 Å². The summed E-state index contributed by atoms with van der Waals surface area (Å²) in [5, 5.41) is 3.06. The zero-order chi connectivity index (χ0) is 20.3. The van der Waals surface area contributed by atoms with Crippen molar-refractivity contribution in [2.45, 2.75) is 11.8 Å². The van der Waals surface area contributed by atoms with E-state index in [1.54, 1.807) is 19.1 Å². The van der Waals surface area contributed by atoms with Gasteiger partial charge in [-0.25, -0.2) is 12.8 Å². The second kappa shape index (κ2) is 8.00. The SMILES string of the molecule is Cc1ccc(C(=O)Nc2ccc(F)cc2)cc1NS(=O)(=O)c1ccc(Cl)cc1. The van der Waals surface area contributed by atoms with Crippen LogP contribution in [-0.2, 0) is 10.0 Å². The molecule has 3 aromatic carbocycles. The summed E-state index contributed by atoms with van der Waals surface area (Å²) in [6, 6.07) is 15.8. The molecule has 0 saturated heterocycles. The maximum absolute atomic E-state index is 13.0. The highest BCUT2D eigenvalue weighted by Gasteiger charge is 2.17.